The Labute approximate surface area is 198 Å². The molecule has 0 unspecified atom stereocenters. The molecule has 178 valence electrons. The Hall–Kier alpha value is -4.20. The van der Waals surface area contributed by atoms with E-state index in [1.165, 1.54) is 14.2 Å². The highest BCUT2D eigenvalue weighted by molar-refractivity contribution is 6.05. The van der Waals surface area contributed by atoms with Crippen molar-refractivity contribution in [3.8, 4) is 23.0 Å². The summed E-state index contributed by atoms with van der Waals surface area (Å²) in [5.41, 5.74) is 1.38. The van der Waals surface area contributed by atoms with Gasteiger partial charge in [0.25, 0.3) is 5.91 Å². The highest BCUT2D eigenvalue weighted by atomic mass is 16.5. The Bertz CT molecular complexity index is 1100. The van der Waals surface area contributed by atoms with Crippen LogP contribution >= 0.6 is 0 Å². The summed E-state index contributed by atoms with van der Waals surface area (Å²) in [6, 6.07) is 19.3. The summed E-state index contributed by atoms with van der Waals surface area (Å²) >= 11 is 0. The van der Waals surface area contributed by atoms with E-state index in [9.17, 15) is 9.59 Å². The SMILES string of the molecule is COc1ccc(OCCCC(=O)Nc2cc(OC)c(NC(=O)c3ccccc3)cc2OC)cc1. The van der Waals surface area contributed by atoms with Crippen LogP contribution in [0.3, 0.4) is 0 Å². The number of amides is 2. The first-order valence-corrected chi connectivity index (χ1v) is 10.7. The maximum Gasteiger partial charge on any atom is 0.255 e. The topological polar surface area (TPSA) is 95.1 Å². The van der Waals surface area contributed by atoms with Crippen LogP contribution in [0.15, 0.2) is 66.7 Å². The molecular weight excluding hydrogens is 436 g/mol. The van der Waals surface area contributed by atoms with Crippen molar-refractivity contribution in [3.63, 3.8) is 0 Å². The van der Waals surface area contributed by atoms with E-state index in [4.69, 9.17) is 18.9 Å². The number of nitrogens with one attached hydrogen (secondary N) is 2. The average molecular weight is 465 g/mol. The first-order valence-electron chi connectivity index (χ1n) is 10.7. The number of hydrogen-bond acceptors (Lipinski definition) is 6. The third-order valence-electron chi connectivity index (χ3n) is 4.96. The minimum atomic E-state index is -0.283. The molecule has 0 saturated heterocycles. The van der Waals surface area contributed by atoms with Crippen molar-refractivity contribution in [2.45, 2.75) is 12.8 Å². The number of methoxy groups -OCH3 is 3. The Morgan fingerprint density at radius 2 is 1.32 bits per heavy atom. The Morgan fingerprint density at radius 3 is 1.91 bits per heavy atom. The van der Waals surface area contributed by atoms with E-state index in [2.05, 4.69) is 10.6 Å². The lowest BCUT2D eigenvalue weighted by atomic mass is 10.2. The van der Waals surface area contributed by atoms with Gasteiger partial charge < -0.3 is 29.6 Å². The molecule has 8 nitrogen and oxygen atoms in total. The summed E-state index contributed by atoms with van der Waals surface area (Å²) in [5.74, 6) is 1.77. The number of ether oxygens (including phenoxy) is 4. The quantitative estimate of drug-likeness (QED) is 0.397. The van der Waals surface area contributed by atoms with Crippen LogP contribution in [0, 0.1) is 0 Å². The van der Waals surface area contributed by atoms with Crippen LogP contribution in [0.1, 0.15) is 23.2 Å². The first kappa shape index (κ1) is 24.4. The van der Waals surface area contributed by atoms with Gasteiger partial charge in [-0.1, -0.05) is 18.2 Å². The zero-order chi connectivity index (χ0) is 24.3. The van der Waals surface area contributed by atoms with E-state index in [1.54, 1.807) is 43.5 Å². The van der Waals surface area contributed by atoms with Crippen molar-refractivity contribution in [1.82, 2.24) is 0 Å². The zero-order valence-corrected chi connectivity index (χ0v) is 19.4. The maximum absolute atomic E-state index is 12.5. The van der Waals surface area contributed by atoms with Crippen LogP contribution < -0.4 is 29.6 Å². The van der Waals surface area contributed by atoms with Crippen LogP contribution in [-0.2, 0) is 4.79 Å². The molecule has 8 heteroatoms. The fourth-order valence-electron chi connectivity index (χ4n) is 3.18. The highest BCUT2D eigenvalue weighted by Gasteiger charge is 2.16. The number of anilines is 2. The van der Waals surface area contributed by atoms with Gasteiger partial charge in [0, 0.05) is 24.1 Å². The van der Waals surface area contributed by atoms with Crippen molar-refractivity contribution >= 4 is 23.2 Å². The summed E-state index contributed by atoms with van der Waals surface area (Å²) in [6.07, 6.45) is 0.788. The minimum Gasteiger partial charge on any atom is -0.497 e. The van der Waals surface area contributed by atoms with E-state index in [1.807, 2.05) is 30.3 Å². The smallest absolute Gasteiger partial charge is 0.255 e. The molecule has 2 N–H and O–H groups in total. The van der Waals surface area contributed by atoms with Crippen molar-refractivity contribution < 1.29 is 28.5 Å². The van der Waals surface area contributed by atoms with Gasteiger partial charge in [0.2, 0.25) is 5.91 Å². The van der Waals surface area contributed by atoms with E-state index < -0.39 is 0 Å². The molecule has 0 aliphatic rings. The van der Waals surface area contributed by atoms with Gasteiger partial charge in [-0.3, -0.25) is 9.59 Å². The van der Waals surface area contributed by atoms with Crippen LogP contribution in [0.2, 0.25) is 0 Å². The summed E-state index contributed by atoms with van der Waals surface area (Å²) < 4.78 is 21.6. The van der Waals surface area contributed by atoms with Gasteiger partial charge >= 0.3 is 0 Å². The molecule has 0 atom stereocenters. The fraction of sp³-hybridized carbons (Fsp3) is 0.231. The minimum absolute atomic E-state index is 0.195. The molecule has 0 saturated carbocycles. The highest BCUT2D eigenvalue weighted by Crippen LogP contribution is 2.36. The molecule has 3 aromatic carbocycles. The van der Waals surface area contributed by atoms with Gasteiger partial charge in [-0.2, -0.15) is 0 Å². The number of carbonyl (C=O) groups excluding carboxylic acids is 2. The molecule has 0 aliphatic carbocycles. The summed E-state index contributed by atoms with van der Waals surface area (Å²) in [6.45, 7) is 0.394. The van der Waals surface area contributed by atoms with E-state index in [0.29, 0.717) is 47.2 Å². The molecule has 2 amide bonds. The van der Waals surface area contributed by atoms with Crippen LogP contribution in [0.25, 0.3) is 0 Å². The second-order valence-electron chi connectivity index (χ2n) is 7.25. The summed E-state index contributed by atoms with van der Waals surface area (Å²) in [4.78, 5) is 25.0. The first-order chi connectivity index (χ1) is 16.5. The van der Waals surface area contributed by atoms with Gasteiger partial charge in [-0.25, -0.2) is 0 Å². The predicted octanol–water partition coefficient (Wildman–Crippen LogP) is 4.76. The van der Waals surface area contributed by atoms with Gasteiger partial charge in [0.15, 0.2) is 0 Å². The molecule has 0 aromatic heterocycles. The molecule has 0 spiro atoms. The van der Waals surface area contributed by atoms with E-state index >= 15 is 0 Å². The van der Waals surface area contributed by atoms with Crippen LogP contribution in [0.4, 0.5) is 11.4 Å². The van der Waals surface area contributed by atoms with Gasteiger partial charge in [0.05, 0.1) is 39.3 Å². The van der Waals surface area contributed by atoms with Crippen molar-refractivity contribution in [1.29, 1.82) is 0 Å². The average Bonchev–Trinajstić information content (AvgIpc) is 2.88. The maximum atomic E-state index is 12.5. The summed E-state index contributed by atoms with van der Waals surface area (Å²) in [7, 11) is 4.58. The van der Waals surface area contributed by atoms with Crippen LogP contribution in [-0.4, -0.2) is 39.8 Å². The molecule has 0 fully saturated rings. The third-order valence-corrected chi connectivity index (χ3v) is 4.96. The molecule has 34 heavy (non-hydrogen) atoms. The Morgan fingerprint density at radius 1 is 0.735 bits per heavy atom. The lowest BCUT2D eigenvalue weighted by Crippen LogP contribution is -2.15. The van der Waals surface area contributed by atoms with Gasteiger partial charge in [-0.05, 0) is 42.8 Å². The van der Waals surface area contributed by atoms with Crippen molar-refractivity contribution in [3.05, 3.63) is 72.3 Å². The standard InChI is InChI=1S/C26H28N2O6/c1-31-19-11-13-20(14-12-19)34-15-7-10-25(29)27-21-16-24(33-3)22(17-23(21)32-2)28-26(30)18-8-5-4-6-9-18/h4-6,8-9,11-14,16-17H,7,10,15H2,1-3H3,(H,27,29)(H,28,30). The Balaban J connectivity index is 1.58. The van der Waals surface area contributed by atoms with Crippen molar-refractivity contribution in [2.24, 2.45) is 0 Å². The summed E-state index contributed by atoms with van der Waals surface area (Å²) in [5, 5.41) is 5.65. The molecule has 0 heterocycles. The second kappa shape index (κ2) is 12.2. The number of benzene rings is 3. The Kier molecular flexibility index (Phi) is 8.73. The largest absolute Gasteiger partial charge is 0.497 e. The molecule has 3 rings (SSSR count). The molecule has 0 bridgehead atoms. The van der Waals surface area contributed by atoms with Crippen molar-refractivity contribution in [2.75, 3.05) is 38.6 Å². The lowest BCUT2D eigenvalue weighted by molar-refractivity contribution is -0.116. The number of hydrogen-bond donors (Lipinski definition) is 2. The van der Waals surface area contributed by atoms with Crippen LogP contribution in [0.5, 0.6) is 23.0 Å². The zero-order valence-electron chi connectivity index (χ0n) is 19.4. The molecule has 3 aromatic rings. The fourth-order valence-corrected chi connectivity index (χ4v) is 3.18. The molecule has 0 aliphatic heterocycles. The van der Waals surface area contributed by atoms with E-state index in [-0.39, 0.29) is 18.2 Å². The number of carbonyl (C=O) groups is 2. The monoisotopic (exact) mass is 464 g/mol. The normalized spacial score (nSPS) is 10.2. The predicted molar refractivity (Wildman–Crippen MR) is 130 cm³/mol. The van der Waals surface area contributed by atoms with Gasteiger partial charge in [-0.15, -0.1) is 0 Å². The number of rotatable bonds is 11. The molecule has 0 radical (unpaired) electrons. The van der Waals surface area contributed by atoms with Gasteiger partial charge in [0.1, 0.15) is 23.0 Å². The van der Waals surface area contributed by atoms with E-state index in [0.717, 1.165) is 5.75 Å². The molecular formula is C26H28N2O6. The third kappa shape index (κ3) is 6.65. The lowest BCUT2D eigenvalue weighted by Gasteiger charge is -2.16. The second-order valence-corrected chi connectivity index (χ2v) is 7.25.